The lowest BCUT2D eigenvalue weighted by Crippen LogP contribution is -2.26. The number of nitrogen functional groups attached to an aromatic ring is 1. The predicted octanol–water partition coefficient (Wildman–Crippen LogP) is 2.41. The highest BCUT2D eigenvalue weighted by Gasteiger charge is 2.33. The van der Waals surface area contributed by atoms with Crippen LogP contribution in [-0.2, 0) is 24.5 Å². The predicted molar refractivity (Wildman–Crippen MR) is 108 cm³/mol. The molecule has 3 aromatic heterocycles. The molecule has 10 nitrogen and oxygen atoms in total. The Bertz CT molecular complexity index is 1370. The number of nitrogens with two attached hydrogens (primary N) is 1. The van der Waals surface area contributed by atoms with Crippen LogP contribution in [-0.4, -0.2) is 35.8 Å². The van der Waals surface area contributed by atoms with Crippen LogP contribution >= 0.6 is 0 Å². The number of aromatic nitrogens is 6. The summed E-state index contributed by atoms with van der Waals surface area (Å²) in [5, 5.41) is 3.99. The van der Waals surface area contributed by atoms with Crippen molar-refractivity contribution in [1.29, 1.82) is 0 Å². The summed E-state index contributed by atoms with van der Waals surface area (Å²) in [5.74, 6) is 0.319. The van der Waals surface area contributed by atoms with E-state index in [4.69, 9.17) is 15.0 Å². The highest BCUT2D eigenvalue weighted by Crippen LogP contribution is 2.38. The Balaban J connectivity index is 1.31. The van der Waals surface area contributed by atoms with Gasteiger partial charge in [-0.2, -0.15) is 23.1 Å². The van der Waals surface area contributed by atoms with Gasteiger partial charge in [0.1, 0.15) is 6.54 Å². The van der Waals surface area contributed by atoms with Gasteiger partial charge >= 0.3 is 6.18 Å². The number of nitrogens with zero attached hydrogens (tertiary/aromatic N) is 6. The van der Waals surface area contributed by atoms with Crippen molar-refractivity contribution in [3.63, 3.8) is 0 Å². The van der Waals surface area contributed by atoms with Gasteiger partial charge in [0.2, 0.25) is 11.8 Å². The van der Waals surface area contributed by atoms with E-state index >= 15 is 0 Å². The maximum Gasteiger partial charge on any atom is 0.416 e. The molecule has 0 bridgehead atoms. The highest BCUT2D eigenvalue weighted by atomic mass is 19.4. The third kappa shape index (κ3) is 3.84. The van der Waals surface area contributed by atoms with Crippen molar-refractivity contribution in [1.82, 2.24) is 29.2 Å². The lowest BCUT2D eigenvalue weighted by Gasteiger charge is -2.11. The molecule has 1 fully saturated rings. The van der Waals surface area contributed by atoms with Crippen LogP contribution < -0.4 is 11.3 Å². The number of hydrogen-bond acceptors (Lipinski definition) is 8. The third-order valence-electron chi connectivity index (χ3n) is 5.61. The quantitative estimate of drug-likeness (QED) is 0.491. The first-order valence-electron chi connectivity index (χ1n) is 9.99. The Morgan fingerprint density at radius 2 is 1.97 bits per heavy atom. The molecule has 0 amide bonds. The Hall–Kier alpha value is -3.74. The summed E-state index contributed by atoms with van der Waals surface area (Å²) in [6.45, 7) is 0.219. The minimum atomic E-state index is -4.39. The molecule has 1 aliphatic rings. The van der Waals surface area contributed by atoms with Crippen LogP contribution in [0.3, 0.4) is 0 Å². The van der Waals surface area contributed by atoms with E-state index in [2.05, 4.69) is 20.1 Å². The number of hydrogen-bond donors (Lipinski definition) is 1. The number of rotatable bonds is 4. The molecular weight excluding hydrogens is 443 g/mol. The van der Waals surface area contributed by atoms with Crippen LogP contribution in [0.15, 0.2) is 39.9 Å². The number of ether oxygens (including phenoxy) is 1. The summed E-state index contributed by atoms with van der Waals surface area (Å²) >= 11 is 0. The van der Waals surface area contributed by atoms with Crippen LogP contribution in [0.4, 0.5) is 19.1 Å². The Labute approximate surface area is 183 Å². The second kappa shape index (κ2) is 7.69. The fraction of sp³-hybridized carbons (Fsp3) is 0.350. The van der Waals surface area contributed by atoms with Crippen molar-refractivity contribution in [2.75, 3.05) is 12.3 Å². The van der Waals surface area contributed by atoms with Gasteiger partial charge in [0.15, 0.2) is 17.0 Å². The summed E-state index contributed by atoms with van der Waals surface area (Å²) in [4.78, 5) is 25.3. The number of aryl methyl sites for hydroxylation is 1. The first kappa shape index (κ1) is 21.1. The van der Waals surface area contributed by atoms with E-state index in [9.17, 15) is 18.0 Å². The topological polar surface area (TPSA) is 127 Å². The molecule has 1 saturated heterocycles. The highest BCUT2D eigenvalue weighted by molar-refractivity contribution is 5.70. The summed E-state index contributed by atoms with van der Waals surface area (Å²) in [5.41, 5.74) is 6.01. The minimum Gasteiger partial charge on any atom is -0.373 e. The molecule has 2 N–H and O–H groups in total. The number of benzene rings is 1. The van der Waals surface area contributed by atoms with Crippen LogP contribution in [0.5, 0.6) is 0 Å². The summed E-state index contributed by atoms with van der Waals surface area (Å²) < 4.78 is 52.1. The van der Waals surface area contributed by atoms with Gasteiger partial charge in [0.05, 0.1) is 24.6 Å². The number of alkyl halides is 3. The van der Waals surface area contributed by atoms with Gasteiger partial charge in [0.25, 0.3) is 5.56 Å². The Morgan fingerprint density at radius 3 is 2.70 bits per heavy atom. The van der Waals surface area contributed by atoms with Gasteiger partial charge < -0.3 is 19.6 Å². The van der Waals surface area contributed by atoms with Gasteiger partial charge in [-0.15, -0.1) is 0 Å². The van der Waals surface area contributed by atoms with E-state index in [0.717, 1.165) is 12.1 Å². The average molecular weight is 461 g/mol. The molecule has 13 heteroatoms. The zero-order valence-corrected chi connectivity index (χ0v) is 17.3. The molecule has 172 valence electrons. The first-order valence-corrected chi connectivity index (χ1v) is 9.99. The van der Waals surface area contributed by atoms with Crippen LogP contribution in [0.1, 0.15) is 41.3 Å². The molecule has 4 heterocycles. The van der Waals surface area contributed by atoms with Crippen molar-refractivity contribution >= 4 is 17.1 Å². The second-order valence-electron chi connectivity index (χ2n) is 7.81. The van der Waals surface area contributed by atoms with E-state index < -0.39 is 11.7 Å². The van der Waals surface area contributed by atoms with Crippen LogP contribution in [0.2, 0.25) is 0 Å². The Morgan fingerprint density at radius 1 is 1.21 bits per heavy atom. The van der Waals surface area contributed by atoms with Gasteiger partial charge in [0, 0.05) is 13.0 Å². The van der Waals surface area contributed by atoms with Crippen molar-refractivity contribution < 1.29 is 22.4 Å². The van der Waals surface area contributed by atoms with E-state index in [1.165, 1.54) is 23.0 Å². The van der Waals surface area contributed by atoms with Crippen LogP contribution in [0, 0.1) is 0 Å². The Kier molecular flexibility index (Phi) is 4.92. The molecule has 0 unspecified atom stereocenters. The number of halogens is 3. The normalized spacial score (nSPS) is 18.9. The smallest absolute Gasteiger partial charge is 0.373 e. The van der Waals surface area contributed by atoms with Crippen molar-refractivity contribution in [2.24, 2.45) is 7.05 Å². The van der Waals surface area contributed by atoms with Crippen molar-refractivity contribution in [3.8, 4) is 0 Å². The van der Waals surface area contributed by atoms with Crippen LogP contribution in [0.25, 0.3) is 11.2 Å². The molecule has 0 spiro atoms. The minimum absolute atomic E-state index is 0.0301. The largest absolute Gasteiger partial charge is 0.416 e. The molecule has 0 saturated carbocycles. The van der Waals surface area contributed by atoms with Gasteiger partial charge in [-0.25, -0.2) is 4.98 Å². The van der Waals surface area contributed by atoms with Gasteiger partial charge in [-0.1, -0.05) is 17.3 Å². The molecule has 0 radical (unpaired) electrons. The standard InChI is InChI=1S/C20H18F3N7O3/c1-29-9-25-17-15(29)18(31)30(19(24)27-17)7-14-26-16(28-33-14)11-6-13(32-8-11)10-2-4-12(5-3-10)20(21,22)23/h2-5,9,11,13H,6-8H2,1H3,(H2,24,27)/t11-,13+/m0/s1. The lowest BCUT2D eigenvalue weighted by atomic mass is 9.99. The zero-order chi connectivity index (χ0) is 23.3. The average Bonchev–Trinajstić information content (AvgIpc) is 3.50. The SMILES string of the molecule is Cn1cnc2nc(N)n(Cc3nc([C@@H]4CO[C@@H](c5ccc(C(F)(F)F)cc5)C4)no3)c(=O)c21. The molecule has 1 aromatic carbocycles. The molecule has 5 rings (SSSR count). The maximum atomic E-state index is 12.8. The molecule has 4 aromatic rings. The summed E-state index contributed by atoms with van der Waals surface area (Å²) in [7, 11) is 1.68. The molecule has 1 aliphatic heterocycles. The fourth-order valence-electron chi connectivity index (χ4n) is 3.86. The molecular formula is C20H18F3N7O3. The number of anilines is 1. The van der Waals surface area contributed by atoms with Crippen molar-refractivity contribution in [2.45, 2.75) is 31.2 Å². The monoisotopic (exact) mass is 461 g/mol. The fourth-order valence-corrected chi connectivity index (χ4v) is 3.86. The summed E-state index contributed by atoms with van der Waals surface area (Å²) in [6.07, 6.45) is -2.81. The number of imidazole rings is 1. The third-order valence-corrected chi connectivity index (χ3v) is 5.61. The van der Waals surface area contributed by atoms with Crippen molar-refractivity contribution in [3.05, 3.63) is 63.8 Å². The van der Waals surface area contributed by atoms with Gasteiger partial charge in [-0.05, 0) is 24.1 Å². The molecule has 33 heavy (non-hydrogen) atoms. The van der Waals surface area contributed by atoms with Gasteiger partial charge in [-0.3, -0.25) is 9.36 Å². The van der Waals surface area contributed by atoms with E-state index in [1.54, 1.807) is 11.6 Å². The van der Waals surface area contributed by atoms with E-state index in [1.807, 2.05) is 0 Å². The first-order chi connectivity index (χ1) is 15.7. The lowest BCUT2D eigenvalue weighted by molar-refractivity contribution is -0.137. The molecule has 0 aliphatic carbocycles. The van der Waals surface area contributed by atoms with E-state index in [-0.39, 0.29) is 48.2 Å². The summed E-state index contributed by atoms with van der Waals surface area (Å²) in [6, 6.07) is 4.89. The second-order valence-corrected chi connectivity index (χ2v) is 7.81. The zero-order valence-electron chi connectivity index (χ0n) is 17.3. The molecule has 2 atom stereocenters. The number of fused-ring (bicyclic) bond motifs is 1. The van der Waals surface area contributed by atoms with E-state index in [0.29, 0.717) is 23.3 Å². The maximum absolute atomic E-state index is 12.8.